The summed E-state index contributed by atoms with van der Waals surface area (Å²) in [5.74, 6) is 0.853. The van der Waals surface area contributed by atoms with Crippen LogP contribution in [0.4, 0.5) is 0 Å². The first-order valence-electron chi connectivity index (χ1n) is 7.23. The molecule has 2 N–H and O–H groups in total. The quantitative estimate of drug-likeness (QED) is 0.883. The summed E-state index contributed by atoms with van der Waals surface area (Å²) < 4.78 is 1.88. The number of phenolic OH excluding ortho intramolecular Hbond substituents is 1. The Labute approximate surface area is 119 Å². The molecule has 20 heavy (non-hydrogen) atoms. The van der Waals surface area contributed by atoms with Gasteiger partial charge in [-0.15, -0.1) is 0 Å². The molecule has 1 fully saturated rings. The molecule has 0 saturated carbocycles. The van der Waals surface area contributed by atoms with E-state index >= 15 is 0 Å². The van der Waals surface area contributed by atoms with Gasteiger partial charge in [-0.25, -0.2) is 4.68 Å². The zero-order chi connectivity index (χ0) is 14.1. The van der Waals surface area contributed by atoms with Crippen molar-refractivity contribution in [3.05, 3.63) is 41.2 Å². The minimum Gasteiger partial charge on any atom is -0.506 e. The molecule has 0 unspecified atom stereocenters. The largest absolute Gasteiger partial charge is 0.506 e. The fraction of sp³-hybridized carbons (Fsp3) is 0.438. The van der Waals surface area contributed by atoms with Gasteiger partial charge >= 0.3 is 0 Å². The van der Waals surface area contributed by atoms with Crippen molar-refractivity contribution in [1.82, 2.24) is 15.1 Å². The van der Waals surface area contributed by atoms with E-state index in [2.05, 4.69) is 24.3 Å². The summed E-state index contributed by atoms with van der Waals surface area (Å²) in [7, 11) is 0. The van der Waals surface area contributed by atoms with Gasteiger partial charge in [-0.1, -0.05) is 12.1 Å². The van der Waals surface area contributed by atoms with Gasteiger partial charge in [0.05, 0.1) is 5.69 Å². The zero-order valence-corrected chi connectivity index (χ0v) is 12.1. The van der Waals surface area contributed by atoms with Gasteiger partial charge in [0.15, 0.2) is 0 Å². The molecule has 0 atom stereocenters. The second-order valence-electron chi connectivity index (χ2n) is 5.51. The Morgan fingerprint density at radius 2 is 1.90 bits per heavy atom. The van der Waals surface area contributed by atoms with Gasteiger partial charge in [0.25, 0.3) is 0 Å². The number of aryl methyl sites for hydroxylation is 1. The Kier molecular flexibility index (Phi) is 3.49. The van der Waals surface area contributed by atoms with E-state index in [4.69, 9.17) is 0 Å². The predicted molar refractivity (Wildman–Crippen MR) is 79.5 cm³/mol. The molecule has 1 aromatic heterocycles. The molecule has 1 aliphatic heterocycles. The Morgan fingerprint density at radius 3 is 2.60 bits per heavy atom. The summed E-state index contributed by atoms with van der Waals surface area (Å²) in [4.78, 5) is 0. The number of hydrogen-bond donors (Lipinski definition) is 2. The second kappa shape index (κ2) is 5.29. The Balaban J connectivity index is 2.04. The minimum absolute atomic E-state index is 0.273. The summed E-state index contributed by atoms with van der Waals surface area (Å²) in [5.41, 5.74) is 4.34. The van der Waals surface area contributed by atoms with E-state index in [9.17, 15) is 5.11 Å². The average Bonchev–Trinajstić information content (AvgIpc) is 2.75. The van der Waals surface area contributed by atoms with Crippen molar-refractivity contribution in [1.29, 1.82) is 0 Å². The van der Waals surface area contributed by atoms with E-state index in [1.54, 1.807) is 6.07 Å². The average molecular weight is 271 g/mol. The number of benzene rings is 1. The first-order chi connectivity index (χ1) is 9.68. The molecule has 2 aromatic rings. The van der Waals surface area contributed by atoms with Gasteiger partial charge < -0.3 is 10.4 Å². The molecule has 4 nitrogen and oxygen atoms in total. The van der Waals surface area contributed by atoms with Gasteiger partial charge in [-0.2, -0.15) is 5.10 Å². The zero-order valence-electron chi connectivity index (χ0n) is 12.1. The topological polar surface area (TPSA) is 50.1 Å². The molecule has 1 aliphatic rings. The van der Waals surface area contributed by atoms with E-state index in [1.165, 1.54) is 5.56 Å². The highest BCUT2D eigenvalue weighted by Crippen LogP contribution is 2.32. The molecule has 0 amide bonds. The second-order valence-corrected chi connectivity index (χ2v) is 5.51. The number of rotatable bonds is 2. The van der Waals surface area contributed by atoms with Crippen molar-refractivity contribution in [2.45, 2.75) is 32.6 Å². The highest BCUT2D eigenvalue weighted by molar-refractivity contribution is 5.47. The van der Waals surface area contributed by atoms with Crippen molar-refractivity contribution in [3.8, 4) is 11.4 Å². The molecule has 1 aromatic carbocycles. The van der Waals surface area contributed by atoms with E-state index in [-0.39, 0.29) is 5.75 Å². The number of aromatic nitrogens is 2. The molecular formula is C16H21N3O. The van der Waals surface area contributed by atoms with Crippen molar-refractivity contribution in [2.75, 3.05) is 13.1 Å². The lowest BCUT2D eigenvalue weighted by molar-refractivity contribution is 0.457. The lowest BCUT2D eigenvalue weighted by atomic mass is 9.89. The van der Waals surface area contributed by atoms with Crippen LogP contribution in [0, 0.1) is 13.8 Å². The Hall–Kier alpha value is -1.81. The standard InChI is InChI=1S/C16H21N3O/c1-11-16(13-7-9-17-10-8-13)12(2)19(18-11)14-5-3-4-6-15(14)20/h3-6,13,17,20H,7-10H2,1-2H3. The number of para-hydroxylation sites is 2. The van der Waals surface area contributed by atoms with Crippen LogP contribution in [0.1, 0.15) is 35.7 Å². The van der Waals surface area contributed by atoms with Crippen LogP contribution in [0.3, 0.4) is 0 Å². The van der Waals surface area contributed by atoms with Gasteiger partial charge in [0.1, 0.15) is 11.4 Å². The van der Waals surface area contributed by atoms with Crippen LogP contribution in [-0.4, -0.2) is 28.0 Å². The normalized spacial score (nSPS) is 16.5. The lowest BCUT2D eigenvalue weighted by Gasteiger charge is -2.23. The van der Waals surface area contributed by atoms with Gasteiger partial charge in [-0.3, -0.25) is 0 Å². The fourth-order valence-electron chi connectivity index (χ4n) is 3.23. The molecular weight excluding hydrogens is 250 g/mol. The highest BCUT2D eigenvalue weighted by Gasteiger charge is 2.23. The predicted octanol–water partition coefficient (Wildman–Crippen LogP) is 2.66. The maximum absolute atomic E-state index is 10.0. The van der Waals surface area contributed by atoms with Crippen molar-refractivity contribution >= 4 is 0 Å². The van der Waals surface area contributed by atoms with Gasteiger partial charge in [-0.05, 0) is 63.4 Å². The number of nitrogens with one attached hydrogen (secondary N) is 1. The van der Waals surface area contributed by atoms with Crippen LogP contribution >= 0.6 is 0 Å². The molecule has 106 valence electrons. The van der Waals surface area contributed by atoms with Crippen molar-refractivity contribution in [3.63, 3.8) is 0 Å². The van der Waals surface area contributed by atoms with Crippen LogP contribution in [-0.2, 0) is 0 Å². The third-order valence-electron chi connectivity index (χ3n) is 4.20. The van der Waals surface area contributed by atoms with Crippen LogP contribution in [0.15, 0.2) is 24.3 Å². The summed E-state index contributed by atoms with van der Waals surface area (Å²) in [6, 6.07) is 7.37. The number of phenols is 1. The first-order valence-corrected chi connectivity index (χ1v) is 7.23. The molecule has 0 bridgehead atoms. The summed E-state index contributed by atoms with van der Waals surface area (Å²) in [6.45, 7) is 6.32. The van der Waals surface area contributed by atoms with Gasteiger partial charge in [0.2, 0.25) is 0 Å². The molecule has 2 heterocycles. The molecule has 0 aliphatic carbocycles. The van der Waals surface area contributed by atoms with Gasteiger partial charge in [0, 0.05) is 5.69 Å². The first kappa shape index (κ1) is 13.2. The fourth-order valence-corrected chi connectivity index (χ4v) is 3.23. The summed E-state index contributed by atoms with van der Waals surface area (Å²) >= 11 is 0. The van der Waals surface area contributed by atoms with Crippen molar-refractivity contribution in [2.24, 2.45) is 0 Å². The number of piperidine rings is 1. The monoisotopic (exact) mass is 271 g/mol. The number of hydrogen-bond acceptors (Lipinski definition) is 3. The van der Waals surface area contributed by atoms with Crippen LogP contribution < -0.4 is 5.32 Å². The maximum atomic E-state index is 10.0. The Morgan fingerprint density at radius 1 is 1.20 bits per heavy atom. The van der Waals surface area contributed by atoms with Crippen molar-refractivity contribution < 1.29 is 5.11 Å². The SMILES string of the molecule is Cc1nn(-c2ccccc2O)c(C)c1C1CCNCC1. The highest BCUT2D eigenvalue weighted by atomic mass is 16.3. The maximum Gasteiger partial charge on any atom is 0.141 e. The molecule has 1 saturated heterocycles. The third-order valence-corrected chi connectivity index (χ3v) is 4.20. The molecule has 0 spiro atoms. The minimum atomic E-state index is 0.273. The Bertz CT molecular complexity index is 612. The summed E-state index contributed by atoms with van der Waals surface area (Å²) in [6.07, 6.45) is 2.32. The van der Waals surface area contributed by atoms with E-state index in [0.29, 0.717) is 5.92 Å². The number of aromatic hydroxyl groups is 1. The number of nitrogens with zero attached hydrogens (tertiary/aromatic N) is 2. The smallest absolute Gasteiger partial charge is 0.141 e. The van der Waals surface area contributed by atoms with Crippen LogP contribution in [0.25, 0.3) is 5.69 Å². The third kappa shape index (κ3) is 2.20. The van der Waals surface area contributed by atoms with Crippen LogP contribution in [0.2, 0.25) is 0 Å². The van der Waals surface area contributed by atoms with Crippen LogP contribution in [0.5, 0.6) is 5.75 Å². The van der Waals surface area contributed by atoms with E-state index in [0.717, 1.165) is 43.0 Å². The lowest BCUT2D eigenvalue weighted by Crippen LogP contribution is -2.27. The van der Waals surface area contributed by atoms with E-state index in [1.807, 2.05) is 22.9 Å². The van der Waals surface area contributed by atoms with E-state index < -0.39 is 0 Å². The molecule has 3 rings (SSSR count). The summed E-state index contributed by atoms with van der Waals surface area (Å²) in [5, 5.41) is 18.1. The molecule has 0 radical (unpaired) electrons. The molecule has 4 heteroatoms.